The molecule has 0 spiro atoms. The summed E-state index contributed by atoms with van der Waals surface area (Å²) in [6, 6.07) is 8.80. The van der Waals surface area contributed by atoms with Crippen LogP contribution in [0.2, 0.25) is 0 Å². The van der Waals surface area contributed by atoms with E-state index in [1.54, 1.807) is 42.7 Å². The number of nitrogens with two attached hydrogens (primary N) is 1. The Bertz CT molecular complexity index is 918. The number of hydrogen-bond acceptors (Lipinski definition) is 7. The molecule has 2 heterocycles. The van der Waals surface area contributed by atoms with Gasteiger partial charge in [-0.15, -0.1) is 0 Å². The number of carbonyl (C=O) groups is 1. The standard InChI is InChI=1S/C17H21N5O4S.Na.H/c1-26-14-5-2-4-13(12-14)17(15(23)21-27(18,24)25)6-10-22(11-7-17)16-19-8-3-9-20-16;;/h2-5,8-9,12H,6-7,10-11H2,1H3,(H,21,23)(H2,18,24,25);;. The van der Waals surface area contributed by atoms with E-state index in [0.29, 0.717) is 43.2 Å². The minimum atomic E-state index is -4.17. The van der Waals surface area contributed by atoms with Gasteiger partial charge in [0, 0.05) is 25.5 Å². The van der Waals surface area contributed by atoms with Gasteiger partial charge in [-0.25, -0.2) is 19.8 Å². The van der Waals surface area contributed by atoms with E-state index in [2.05, 4.69) is 9.97 Å². The monoisotopic (exact) mass is 415 g/mol. The molecular weight excluding hydrogens is 393 g/mol. The number of piperidine rings is 1. The van der Waals surface area contributed by atoms with Crippen molar-refractivity contribution in [3.8, 4) is 5.75 Å². The number of rotatable bonds is 5. The molecule has 0 radical (unpaired) electrons. The Morgan fingerprint density at radius 1 is 1.21 bits per heavy atom. The minimum absolute atomic E-state index is 0. The van der Waals surface area contributed by atoms with Gasteiger partial charge in [0.05, 0.1) is 12.5 Å². The summed E-state index contributed by atoms with van der Waals surface area (Å²) in [5.74, 6) is 0.514. The normalized spacial score (nSPS) is 16.0. The second-order valence-electron chi connectivity index (χ2n) is 6.33. The molecular formula is C17H22N5NaO4S. The molecule has 1 aliphatic heterocycles. The average molecular weight is 415 g/mol. The first kappa shape index (κ1) is 22.6. The second-order valence-corrected chi connectivity index (χ2v) is 7.62. The Labute approximate surface area is 186 Å². The molecule has 1 fully saturated rings. The second kappa shape index (κ2) is 9.19. The van der Waals surface area contributed by atoms with E-state index in [1.807, 2.05) is 9.62 Å². The van der Waals surface area contributed by atoms with Gasteiger partial charge in [0.15, 0.2) is 0 Å². The molecule has 1 aromatic heterocycles. The van der Waals surface area contributed by atoms with Crippen LogP contribution < -0.4 is 19.5 Å². The third kappa shape index (κ3) is 5.00. The van der Waals surface area contributed by atoms with Gasteiger partial charge in [-0.1, -0.05) is 12.1 Å². The molecule has 0 atom stereocenters. The summed E-state index contributed by atoms with van der Waals surface area (Å²) in [4.78, 5) is 23.3. The molecule has 0 saturated carbocycles. The summed E-state index contributed by atoms with van der Waals surface area (Å²) in [6.07, 6.45) is 4.06. The van der Waals surface area contributed by atoms with Gasteiger partial charge in [-0.3, -0.25) is 4.79 Å². The van der Waals surface area contributed by atoms with Crippen molar-refractivity contribution in [3.63, 3.8) is 0 Å². The van der Waals surface area contributed by atoms with Crippen LogP contribution in [0.25, 0.3) is 0 Å². The van der Waals surface area contributed by atoms with Gasteiger partial charge in [-0.05, 0) is 36.6 Å². The van der Waals surface area contributed by atoms with E-state index in [0.717, 1.165) is 0 Å². The van der Waals surface area contributed by atoms with Crippen molar-refractivity contribution in [1.29, 1.82) is 0 Å². The first-order chi connectivity index (χ1) is 12.8. The molecule has 1 aromatic carbocycles. The predicted molar refractivity (Wildman–Crippen MR) is 107 cm³/mol. The van der Waals surface area contributed by atoms with Crippen LogP contribution in [0, 0.1) is 0 Å². The molecule has 0 bridgehead atoms. The van der Waals surface area contributed by atoms with E-state index in [-0.39, 0.29) is 29.6 Å². The molecule has 0 aliphatic carbocycles. The number of ether oxygens (including phenoxy) is 1. The molecule has 146 valence electrons. The first-order valence-electron chi connectivity index (χ1n) is 8.35. The van der Waals surface area contributed by atoms with Crippen LogP contribution in [0.4, 0.5) is 5.95 Å². The van der Waals surface area contributed by atoms with Gasteiger partial charge in [-0.2, -0.15) is 8.42 Å². The number of amides is 1. The van der Waals surface area contributed by atoms with E-state index in [4.69, 9.17) is 9.88 Å². The maximum atomic E-state index is 12.9. The van der Waals surface area contributed by atoms with Crippen molar-refractivity contribution < 1.29 is 17.9 Å². The van der Waals surface area contributed by atoms with Crippen molar-refractivity contribution >= 4 is 51.6 Å². The molecule has 3 rings (SSSR count). The molecule has 3 N–H and O–H groups in total. The summed E-state index contributed by atoms with van der Waals surface area (Å²) in [5.41, 5.74) is -0.372. The van der Waals surface area contributed by atoms with E-state index in [1.165, 1.54) is 7.11 Å². The summed E-state index contributed by atoms with van der Waals surface area (Å²) < 4.78 is 30.1. The number of hydrogen-bond donors (Lipinski definition) is 2. The molecule has 9 nitrogen and oxygen atoms in total. The summed E-state index contributed by atoms with van der Waals surface area (Å²) in [5, 5.41) is 5.04. The zero-order chi connectivity index (χ0) is 19.5. The Morgan fingerprint density at radius 2 is 1.86 bits per heavy atom. The fraction of sp³-hybridized carbons (Fsp3) is 0.353. The molecule has 11 heteroatoms. The quantitative estimate of drug-likeness (QED) is 0.642. The van der Waals surface area contributed by atoms with E-state index >= 15 is 0 Å². The summed E-state index contributed by atoms with van der Waals surface area (Å²) in [7, 11) is -2.64. The number of nitrogens with one attached hydrogen (secondary N) is 1. The van der Waals surface area contributed by atoms with E-state index < -0.39 is 21.5 Å². The zero-order valence-corrected chi connectivity index (χ0v) is 15.6. The number of benzene rings is 1. The number of aromatic nitrogens is 2. The van der Waals surface area contributed by atoms with Crippen LogP contribution in [0.3, 0.4) is 0 Å². The molecule has 2 aromatic rings. The van der Waals surface area contributed by atoms with Crippen molar-refractivity contribution in [2.45, 2.75) is 18.3 Å². The first-order valence-corrected chi connectivity index (χ1v) is 9.90. The molecule has 0 unspecified atom stereocenters. The Hall–Kier alpha value is -1.72. The summed E-state index contributed by atoms with van der Waals surface area (Å²) in [6.45, 7) is 0.971. The Kier molecular flexibility index (Phi) is 7.40. The number of anilines is 1. The van der Waals surface area contributed by atoms with Gasteiger partial charge in [0.1, 0.15) is 5.75 Å². The average Bonchev–Trinajstić information content (AvgIpc) is 2.67. The fourth-order valence-corrected chi connectivity index (χ4v) is 3.79. The number of methoxy groups -OCH3 is 1. The Morgan fingerprint density at radius 3 is 2.43 bits per heavy atom. The third-order valence-electron chi connectivity index (χ3n) is 4.74. The summed E-state index contributed by atoms with van der Waals surface area (Å²) >= 11 is 0. The van der Waals surface area contributed by atoms with Crippen molar-refractivity contribution in [1.82, 2.24) is 14.7 Å². The topological polar surface area (TPSA) is 128 Å². The van der Waals surface area contributed by atoms with Gasteiger partial charge < -0.3 is 9.64 Å². The molecule has 28 heavy (non-hydrogen) atoms. The SMILES string of the molecule is COc1cccc(C2(C(=O)NS(N)(=O)=O)CCN(c3ncccn3)CC2)c1.[NaH]. The van der Waals surface area contributed by atoms with Crippen LogP contribution >= 0.6 is 0 Å². The van der Waals surface area contributed by atoms with Gasteiger partial charge in [0.2, 0.25) is 11.9 Å². The van der Waals surface area contributed by atoms with Gasteiger partial charge >= 0.3 is 29.6 Å². The maximum absolute atomic E-state index is 12.9. The van der Waals surface area contributed by atoms with Crippen molar-refractivity contribution in [3.05, 3.63) is 48.3 Å². The number of nitrogens with zero attached hydrogens (tertiary/aromatic N) is 3. The third-order valence-corrected chi connectivity index (χ3v) is 5.21. The molecule has 1 saturated heterocycles. The van der Waals surface area contributed by atoms with Crippen molar-refractivity contribution in [2.75, 3.05) is 25.1 Å². The van der Waals surface area contributed by atoms with Crippen LogP contribution in [0.1, 0.15) is 18.4 Å². The van der Waals surface area contributed by atoms with Crippen LogP contribution in [0.5, 0.6) is 5.75 Å². The fourth-order valence-electron chi connectivity index (χ4n) is 3.34. The van der Waals surface area contributed by atoms with Crippen LogP contribution in [0.15, 0.2) is 42.7 Å². The zero-order valence-electron chi connectivity index (χ0n) is 14.8. The van der Waals surface area contributed by atoms with Crippen LogP contribution in [-0.2, 0) is 20.4 Å². The van der Waals surface area contributed by atoms with Gasteiger partial charge in [0.25, 0.3) is 10.2 Å². The van der Waals surface area contributed by atoms with Crippen molar-refractivity contribution in [2.24, 2.45) is 5.14 Å². The molecule has 1 aliphatic rings. The molecule has 1 amide bonds. The Balaban J connectivity index is 0.00000280. The predicted octanol–water partition coefficient (Wildman–Crippen LogP) is -0.305. The van der Waals surface area contributed by atoms with E-state index in [9.17, 15) is 13.2 Å². The number of carbonyl (C=O) groups excluding carboxylic acids is 1. The van der Waals surface area contributed by atoms with Crippen LogP contribution in [-0.4, -0.2) is 74.0 Å².